The van der Waals surface area contributed by atoms with Gasteiger partial charge in [-0.05, 0) is 48.9 Å². The molecule has 4 rings (SSSR count). The summed E-state index contributed by atoms with van der Waals surface area (Å²) in [6.45, 7) is 0. The van der Waals surface area contributed by atoms with Crippen LogP contribution in [0, 0.1) is 0 Å². The highest BCUT2D eigenvalue weighted by Gasteiger charge is 2.41. The number of benzene rings is 2. The molecular weight excluding hydrogens is 292 g/mol. The molecule has 1 aliphatic carbocycles. The first kappa shape index (κ1) is 13.7. The Morgan fingerprint density at radius 3 is 2.50 bits per heavy atom. The number of thioether (sulfide) groups is 1. The van der Waals surface area contributed by atoms with Gasteiger partial charge >= 0.3 is 0 Å². The molecule has 0 spiro atoms. The number of carbonyl (C=O) groups is 1. The van der Waals surface area contributed by atoms with Gasteiger partial charge in [0.1, 0.15) is 6.17 Å². The monoisotopic (exact) mass is 310 g/mol. The quantitative estimate of drug-likeness (QED) is 0.865. The average Bonchev–Trinajstić information content (AvgIpc) is 3.39. The highest BCUT2D eigenvalue weighted by atomic mass is 32.2. The molecular formula is C18H18N2OS. The van der Waals surface area contributed by atoms with E-state index in [9.17, 15) is 4.79 Å². The smallest absolute Gasteiger partial charge is 0.258 e. The Labute approximate surface area is 134 Å². The number of rotatable bonds is 3. The van der Waals surface area contributed by atoms with Gasteiger partial charge in [-0.1, -0.05) is 24.3 Å². The predicted molar refractivity (Wildman–Crippen MR) is 90.2 cm³/mol. The normalized spacial score (nSPS) is 20.5. The van der Waals surface area contributed by atoms with Crippen molar-refractivity contribution in [2.24, 2.45) is 0 Å². The fourth-order valence-electron chi connectivity index (χ4n) is 3.03. The third kappa shape index (κ3) is 2.28. The van der Waals surface area contributed by atoms with E-state index >= 15 is 0 Å². The first-order valence-electron chi connectivity index (χ1n) is 7.60. The summed E-state index contributed by atoms with van der Waals surface area (Å²) in [7, 11) is 0. The second kappa shape index (κ2) is 5.36. The number of amides is 1. The van der Waals surface area contributed by atoms with E-state index in [2.05, 4.69) is 35.8 Å². The summed E-state index contributed by atoms with van der Waals surface area (Å²) in [5, 5.41) is 3.55. The Balaban J connectivity index is 1.75. The summed E-state index contributed by atoms with van der Waals surface area (Å²) < 4.78 is 0. The van der Waals surface area contributed by atoms with Gasteiger partial charge in [-0.2, -0.15) is 0 Å². The van der Waals surface area contributed by atoms with Crippen molar-refractivity contribution in [3.05, 3.63) is 59.7 Å². The number of carbonyl (C=O) groups excluding carboxylic acids is 1. The van der Waals surface area contributed by atoms with Crippen molar-refractivity contribution in [1.29, 1.82) is 0 Å². The van der Waals surface area contributed by atoms with Gasteiger partial charge in [0.25, 0.3) is 5.91 Å². The lowest BCUT2D eigenvalue weighted by Crippen LogP contribution is -2.44. The maximum Gasteiger partial charge on any atom is 0.258 e. The van der Waals surface area contributed by atoms with E-state index in [4.69, 9.17) is 0 Å². The van der Waals surface area contributed by atoms with Gasteiger partial charge < -0.3 is 10.2 Å². The summed E-state index contributed by atoms with van der Waals surface area (Å²) in [4.78, 5) is 16.2. The molecule has 1 saturated carbocycles. The molecule has 0 bridgehead atoms. The number of para-hydroxylation sites is 1. The lowest BCUT2D eigenvalue weighted by atomic mass is 10.0. The minimum absolute atomic E-state index is 0.0641. The Morgan fingerprint density at radius 2 is 1.82 bits per heavy atom. The SMILES string of the molecule is CSc1ccc(C2Nc3ccccc3C(=O)N2C2CC2)cc1. The lowest BCUT2D eigenvalue weighted by molar-refractivity contribution is 0.0666. The van der Waals surface area contributed by atoms with Crippen molar-refractivity contribution in [3.8, 4) is 0 Å². The molecule has 1 N–H and O–H groups in total. The molecule has 2 aromatic carbocycles. The standard InChI is InChI=1S/C18H18N2OS/c1-22-14-10-6-12(7-11-14)17-19-16-5-3-2-4-15(16)18(21)20(17)13-8-9-13/h2-7,10-11,13,17,19H,8-9H2,1H3. The van der Waals surface area contributed by atoms with Crippen molar-refractivity contribution in [3.63, 3.8) is 0 Å². The van der Waals surface area contributed by atoms with Gasteiger partial charge in [0.15, 0.2) is 0 Å². The van der Waals surface area contributed by atoms with Crippen molar-refractivity contribution in [2.45, 2.75) is 29.9 Å². The van der Waals surface area contributed by atoms with Crippen LogP contribution in [0.25, 0.3) is 0 Å². The second-order valence-corrected chi connectivity index (χ2v) is 6.69. The van der Waals surface area contributed by atoms with Gasteiger partial charge in [-0.25, -0.2) is 0 Å². The molecule has 3 nitrogen and oxygen atoms in total. The maximum atomic E-state index is 12.9. The van der Waals surface area contributed by atoms with E-state index in [0.717, 1.165) is 29.7 Å². The molecule has 4 heteroatoms. The van der Waals surface area contributed by atoms with E-state index < -0.39 is 0 Å². The highest BCUT2D eigenvalue weighted by molar-refractivity contribution is 7.98. The number of hydrogen-bond donors (Lipinski definition) is 1. The van der Waals surface area contributed by atoms with Crippen molar-refractivity contribution in [2.75, 3.05) is 11.6 Å². The largest absolute Gasteiger partial charge is 0.361 e. The van der Waals surface area contributed by atoms with Crippen molar-refractivity contribution < 1.29 is 4.79 Å². The van der Waals surface area contributed by atoms with Crippen LogP contribution < -0.4 is 5.32 Å². The molecule has 1 amide bonds. The summed E-state index contributed by atoms with van der Waals surface area (Å²) in [5.74, 6) is 0.149. The van der Waals surface area contributed by atoms with Crippen LogP contribution in [0.5, 0.6) is 0 Å². The van der Waals surface area contributed by atoms with Crippen LogP contribution in [0.3, 0.4) is 0 Å². The molecule has 2 aliphatic rings. The molecule has 112 valence electrons. The average molecular weight is 310 g/mol. The molecule has 2 aromatic rings. The van der Waals surface area contributed by atoms with Crippen LogP contribution in [0.15, 0.2) is 53.4 Å². The van der Waals surface area contributed by atoms with Crippen molar-refractivity contribution >= 4 is 23.4 Å². The molecule has 0 aromatic heterocycles. The number of anilines is 1. The van der Waals surface area contributed by atoms with Crippen molar-refractivity contribution in [1.82, 2.24) is 4.90 Å². The Kier molecular flexibility index (Phi) is 3.34. The molecule has 1 atom stereocenters. The Hall–Kier alpha value is -1.94. The Bertz CT molecular complexity index is 709. The van der Waals surface area contributed by atoms with Crippen LogP contribution in [0.1, 0.15) is 34.9 Å². The minimum atomic E-state index is -0.0641. The van der Waals surface area contributed by atoms with Crippen LogP contribution in [0.2, 0.25) is 0 Å². The van der Waals surface area contributed by atoms with Crippen LogP contribution in [-0.4, -0.2) is 23.1 Å². The van der Waals surface area contributed by atoms with E-state index in [0.29, 0.717) is 6.04 Å². The summed E-state index contributed by atoms with van der Waals surface area (Å²) in [6, 6.07) is 16.7. The first-order chi connectivity index (χ1) is 10.8. The van der Waals surface area contributed by atoms with E-state index in [-0.39, 0.29) is 12.1 Å². The second-order valence-electron chi connectivity index (χ2n) is 5.81. The summed E-state index contributed by atoms with van der Waals surface area (Å²) in [5.41, 5.74) is 2.86. The Morgan fingerprint density at radius 1 is 1.09 bits per heavy atom. The van der Waals surface area contributed by atoms with E-state index in [1.807, 2.05) is 29.2 Å². The zero-order valence-electron chi connectivity index (χ0n) is 12.5. The summed E-state index contributed by atoms with van der Waals surface area (Å²) in [6.07, 6.45) is 4.22. The van der Waals surface area contributed by atoms with Crippen LogP contribution >= 0.6 is 11.8 Å². The fraction of sp³-hybridized carbons (Fsp3) is 0.278. The van der Waals surface area contributed by atoms with E-state index in [1.54, 1.807) is 11.8 Å². The van der Waals surface area contributed by atoms with Gasteiger partial charge in [0.05, 0.1) is 5.56 Å². The van der Waals surface area contributed by atoms with Crippen LogP contribution in [0.4, 0.5) is 5.69 Å². The third-order valence-electron chi connectivity index (χ3n) is 4.33. The molecule has 1 fully saturated rings. The fourth-order valence-corrected chi connectivity index (χ4v) is 3.44. The highest BCUT2D eigenvalue weighted by Crippen LogP contribution is 2.40. The molecule has 1 unspecified atom stereocenters. The topological polar surface area (TPSA) is 32.3 Å². The lowest BCUT2D eigenvalue weighted by Gasteiger charge is -2.38. The number of hydrogen-bond acceptors (Lipinski definition) is 3. The number of nitrogens with zero attached hydrogens (tertiary/aromatic N) is 1. The van der Waals surface area contributed by atoms with Crippen LogP contribution in [-0.2, 0) is 0 Å². The number of fused-ring (bicyclic) bond motifs is 1. The zero-order valence-corrected chi connectivity index (χ0v) is 13.3. The van der Waals surface area contributed by atoms with Gasteiger partial charge in [0, 0.05) is 16.6 Å². The maximum absolute atomic E-state index is 12.9. The molecule has 1 aliphatic heterocycles. The minimum Gasteiger partial charge on any atom is -0.361 e. The molecule has 22 heavy (non-hydrogen) atoms. The zero-order chi connectivity index (χ0) is 15.1. The molecule has 1 heterocycles. The molecule has 0 saturated heterocycles. The van der Waals surface area contributed by atoms with E-state index in [1.165, 1.54) is 4.90 Å². The molecule has 0 radical (unpaired) electrons. The predicted octanol–water partition coefficient (Wildman–Crippen LogP) is 4.14. The number of nitrogens with one attached hydrogen (secondary N) is 1. The van der Waals surface area contributed by atoms with Gasteiger partial charge in [0.2, 0.25) is 0 Å². The third-order valence-corrected chi connectivity index (χ3v) is 5.08. The van der Waals surface area contributed by atoms with Gasteiger partial charge in [-0.3, -0.25) is 4.79 Å². The first-order valence-corrected chi connectivity index (χ1v) is 8.82. The summed E-state index contributed by atoms with van der Waals surface area (Å²) >= 11 is 1.73. The van der Waals surface area contributed by atoms with Gasteiger partial charge in [-0.15, -0.1) is 11.8 Å².